The molecule has 1 unspecified atom stereocenters. The standard InChI is InChI=1S/C15H25NO4/c1-5-19-13(17)7-6-12-11-8-10(11)9-16(12)14(18)20-15(2,3)4/h10-12H,5-9H2,1-4H3/t10-,11?,12-/m1/s1. The fourth-order valence-electron chi connectivity index (χ4n) is 2.97. The molecule has 0 aromatic rings. The average molecular weight is 283 g/mol. The van der Waals surface area contributed by atoms with Crippen molar-refractivity contribution in [2.24, 2.45) is 11.8 Å². The first-order valence-electron chi connectivity index (χ1n) is 7.47. The largest absolute Gasteiger partial charge is 0.466 e. The van der Waals surface area contributed by atoms with Crippen LogP contribution in [0.3, 0.4) is 0 Å². The predicted octanol–water partition coefficient (Wildman–Crippen LogP) is 2.59. The fourth-order valence-corrected chi connectivity index (χ4v) is 2.97. The molecule has 2 rings (SSSR count). The van der Waals surface area contributed by atoms with Gasteiger partial charge in [0.15, 0.2) is 0 Å². The van der Waals surface area contributed by atoms with Crippen LogP contribution in [0.2, 0.25) is 0 Å². The van der Waals surface area contributed by atoms with Gasteiger partial charge in [0, 0.05) is 19.0 Å². The van der Waals surface area contributed by atoms with Crippen LogP contribution in [0.1, 0.15) is 47.0 Å². The summed E-state index contributed by atoms with van der Waals surface area (Å²) >= 11 is 0. The van der Waals surface area contributed by atoms with Crippen LogP contribution in [0.5, 0.6) is 0 Å². The Morgan fingerprint density at radius 1 is 1.30 bits per heavy atom. The Labute approximate surface area is 120 Å². The molecule has 0 radical (unpaired) electrons. The number of carbonyl (C=O) groups is 2. The Hall–Kier alpha value is -1.26. The number of carbonyl (C=O) groups excluding carboxylic acids is 2. The normalized spacial score (nSPS) is 28.0. The van der Waals surface area contributed by atoms with Crippen LogP contribution < -0.4 is 0 Å². The van der Waals surface area contributed by atoms with Gasteiger partial charge in [0.2, 0.25) is 0 Å². The van der Waals surface area contributed by atoms with Gasteiger partial charge in [0.1, 0.15) is 5.60 Å². The molecule has 2 fully saturated rings. The van der Waals surface area contributed by atoms with E-state index in [1.54, 1.807) is 6.92 Å². The number of amides is 1. The smallest absolute Gasteiger partial charge is 0.410 e. The summed E-state index contributed by atoms with van der Waals surface area (Å²) in [7, 11) is 0. The highest BCUT2D eigenvalue weighted by atomic mass is 16.6. The van der Waals surface area contributed by atoms with Crippen molar-refractivity contribution in [1.82, 2.24) is 4.90 Å². The topological polar surface area (TPSA) is 55.8 Å². The number of nitrogens with zero attached hydrogens (tertiary/aromatic N) is 1. The molecule has 20 heavy (non-hydrogen) atoms. The minimum atomic E-state index is -0.477. The van der Waals surface area contributed by atoms with E-state index in [1.807, 2.05) is 25.7 Å². The lowest BCUT2D eigenvalue weighted by atomic mass is 10.1. The minimum Gasteiger partial charge on any atom is -0.466 e. The number of esters is 1. The Morgan fingerprint density at radius 3 is 2.60 bits per heavy atom. The molecular formula is C15H25NO4. The van der Waals surface area contributed by atoms with Gasteiger partial charge in [-0.2, -0.15) is 0 Å². The van der Waals surface area contributed by atoms with Gasteiger partial charge in [-0.15, -0.1) is 0 Å². The van der Waals surface area contributed by atoms with Gasteiger partial charge in [0.25, 0.3) is 0 Å². The lowest BCUT2D eigenvalue weighted by Crippen LogP contribution is -2.42. The monoisotopic (exact) mass is 283 g/mol. The molecule has 1 aliphatic carbocycles. The van der Waals surface area contributed by atoms with E-state index < -0.39 is 5.60 Å². The van der Waals surface area contributed by atoms with Crippen LogP contribution >= 0.6 is 0 Å². The van der Waals surface area contributed by atoms with E-state index >= 15 is 0 Å². The third-order valence-corrected chi connectivity index (χ3v) is 3.88. The molecule has 0 aromatic carbocycles. The van der Waals surface area contributed by atoms with Crippen LogP contribution in [0.4, 0.5) is 4.79 Å². The van der Waals surface area contributed by atoms with Gasteiger partial charge in [0.05, 0.1) is 6.61 Å². The summed E-state index contributed by atoms with van der Waals surface area (Å²) in [6.07, 6.45) is 1.98. The first-order chi connectivity index (χ1) is 9.31. The Morgan fingerprint density at radius 2 is 2.00 bits per heavy atom. The molecule has 1 saturated carbocycles. The zero-order valence-corrected chi connectivity index (χ0v) is 12.8. The number of likely N-dealkylation sites (tertiary alicyclic amines) is 1. The number of rotatable bonds is 4. The van der Waals surface area contributed by atoms with E-state index in [0.717, 1.165) is 6.54 Å². The van der Waals surface area contributed by atoms with Crippen molar-refractivity contribution in [3.05, 3.63) is 0 Å². The van der Waals surface area contributed by atoms with E-state index in [0.29, 0.717) is 31.3 Å². The van der Waals surface area contributed by atoms with Crippen LogP contribution in [0.15, 0.2) is 0 Å². The molecule has 0 spiro atoms. The van der Waals surface area contributed by atoms with Crippen molar-refractivity contribution < 1.29 is 19.1 Å². The molecule has 2 aliphatic rings. The van der Waals surface area contributed by atoms with E-state index in [2.05, 4.69) is 0 Å². The fraction of sp³-hybridized carbons (Fsp3) is 0.867. The number of hydrogen-bond acceptors (Lipinski definition) is 4. The Kier molecular flexibility index (Phi) is 4.25. The summed E-state index contributed by atoms with van der Waals surface area (Å²) in [4.78, 5) is 25.5. The van der Waals surface area contributed by atoms with Gasteiger partial charge >= 0.3 is 12.1 Å². The number of fused-ring (bicyclic) bond motifs is 1. The molecular weight excluding hydrogens is 258 g/mol. The molecule has 1 saturated heterocycles. The lowest BCUT2D eigenvalue weighted by molar-refractivity contribution is -0.143. The second-order valence-corrected chi connectivity index (χ2v) is 6.70. The van der Waals surface area contributed by atoms with Crippen molar-refractivity contribution in [2.75, 3.05) is 13.2 Å². The first kappa shape index (κ1) is 15.1. The number of hydrogen-bond donors (Lipinski definition) is 0. The first-order valence-corrected chi connectivity index (χ1v) is 7.47. The molecule has 5 nitrogen and oxygen atoms in total. The maximum Gasteiger partial charge on any atom is 0.410 e. The molecule has 0 N–H and O–H groups in total. The van der Waals surface area contributed by atoms with Crippen molar-refractivity contribution in [3.63, 3.8) is 0 Å². The molecule has 1 amide bonds. The second-order valence-electron chi connectivity index (χ2n) is 6.70. The van der Waals surface area contributed by atoms with Crippen LogP contribution in [-0.2, 0) is 14.3 Å². The molecule has 114 valence electrons. The number of piperidine rings is 1. The zero-order chi connectivity index (χ0) is 14.9. The summed E-state index contributed by atoms with van der Waals surface area (Å²) in [6, 6.07) is 0.138. The lowest BCUT2D eigenvalue weighted by Gasteiger charge is -2.30. The van der Waals surface area contributed by atoms with E-state index in [9.17, 15) is 9.59 Å². The van der Waals surface area contributed by atoms with Crippen molar-refractivity contribution in [2.45, 2.75) is 58.6 Å². The van der Waals surface area contributed by atoms with Crippen LogP contribution in [0.25, 0.3) is 0 Å². The van der Waals surface area contributed by atoms with E-state index in [-0.39, 0.29) is 18.1 Å². The van der Waals surface area contributed by atoms with Gasteiger partial charge in [-0.05, 0) is 52.4 Å². The highest BCUT2D eigenvalue weighted by Crippen LogP contribution is 2.51. The summed E-state index contributed by atoms with van der Waals surface area (Å²) in [5, 5.41) is 0. The second kappa shape index (κ2) is 5.62. The summed E-state index contributed by atoms with van der Waals surface area (Å²) in [6.45, 7) is 8.59. The average Bonchev–Trinajstić information content (AvgIpc) is 2.98. The molecule has 5 heteroatoms. The quantitative estimate of drug-likeness (QED) is 0.744. The third-order valence-electron chi connectivity index (χ3n) is 3.88. The summed E-state index contributed by atoms with van der Waals surface area (Å²) < 4.78 is 10.4. The molecule has 1 aliphatic heterocycles. The zero-order valence-electron chi connectivity index (χ0n) is 12.8. The van der Waals surface area contributed by atoms with Crippen LogP contribution in [-0.4, -0.2) is 41.8 Å². The van der Waals surface area contributed by atoms with Gasteiger partial charge in [-0.25, -0.2) is 4.79 Å². The van der Waals surface area contributed by atoms with Crippen molar-refractivity contribution >= 4 is 12.1 Å². The van der Waals surface area contributed by atoms with Gasteiger partial charge in [-0.1, -0.05) is 0 Å². The maximum absolute atomic E-state index is 12.2. The molecule has 0 aromatic heterocycles. The maximum atomic E-state index is 12.2. The molecule has 1 heterocycles. The van der Waals surface area contributed by atoms with Gasteiger partial charge in [-0.3, -0.25) is 4.79 Å². The summed E-state index contributed by atoms with van der Waals surface area (Å²) in [5.74, 6) is 0.979. The highest BCUT2D eigenvalue weighted by molar-refractivity contribution is 5.71. The van der Waals surface area contributed by atoms with Crippen LogP contribution in [0, 0.1) is 11.8 Å². The number of ether oxygens (including phenoxy) is 2. The highest BCUT2D eigenvalue weighted by Gasteiger charge is 2.54. The van der Waals surface area contributed by atoms with E-state index in [1.165, 1.54) is 6.42 Å². The summed E-state index contributed by atoms with van der Waals surface area (Å²) in [5.41, 5.74) is -0.477. The van der Waals surface area contributed by atoms with E-state index in [4.69, 9.17) is 9.47 Å². The minimum absolute atomic E-state index is 0.138. The van der Waals surface area contributed by atoms with Gasteiger partial charge < -0.3 is 14.4 Å². The van der Waals surface area contributed by atoms with Crippen molar-refractivity contribution in [3.8, 4) is 0 Å². The van der Waals surface area contributed by atoms with Crippen molar-refractivity contribution in [1.29, 1.82) is 0 Å². The SMILES string of the molecule is CCOC(=O)CC[C@@H]1C2C[C@@H]2CN1C(=O)OC(C)(C)C. The Balaban J connectivity index is 1.89. The predicted molar refractivity (Wildman–Crippen MR) is 74.2 cm³/mol. The molecule has 0 bridgehead atoms. The molecule has 3 atom stereocenters. The third kappa shape index (κ3) is 3.64. The Bertz CT molecular complexity index is 388.